The minimum atomic E-state index is -0.379. The number of H-pyrrole nitrogens is 1. The number of aliphatic hydroxyl groups is 1. The molecule has 0 amide bonds. The summed E-state index contributed by atoms with van der Waals surface area (Å²) in [6.07, 6.45) is 11.2. The minimum Gasteiger partial charge on any atom is -0.395 e. The highest BCUT2D eigenvalue weighted by Gasteiger charge is 2.45. The Morgan fingerprint density at radius 2 is 1.88 bits per heavy atom. The van der Waals surface area contributed by atoms with Crippen LogP contribution in [0.1, 0.15) is 87.2 Å². The van der Waals surface area contributed by atoms with Gasteiger partial charge in [-0.3, -0.25) is 9.69 Å². The van der Waals surface area contributed by atoms with Gasteiger partial charge in [0.1, 0.15) is 0 Å². The van der Waals surface area contributed by atoms with Crippen molar-refractivity contribution in [3.63, 3.8) is 0 Å². The molecule has 1 aromatic carbocycles. The van der Waals surface area contributed by atoms with Crippen molar-refractivity contribution >= 4 is 10.9 Å². The van der Waals surface area contributed by atoms with Crippen LogP contribution >= 0.6 is 0 Å². The van der Waals surface area contributed by atoms with Gasteiger partial charge in [0.25, 0.3) is 5.56 Å². The fourth-order valence-electron chi connectivity index (χ4n) is 6.15. The number of pyridine rings is 1. The normalized spacial score (nSPS) is 19.1. The molecule has 0 radical (unpaired) electrons. The second-order valence-corrected chi connectivity index (χ2v) is 10.2. The van der Waals surface area contributed by atoms with Crippen LogP contribution in [-0.4, -0.2) is 48.3 Å². The van der Waals surface area contributed by atoms with Gasteiger partial charge in [-0.1, -0.05) is 50.2 Å². The predicted octanol–water partition coefficient (Wildman–Crippen LogP) is 3.98. The topological polar surface area (TPSA) is 99.9 Å². The summed E-state index contributed by atoms with van der Waals surface area (Å²) in [7, 11) is 0. The molecule has 3 aromatic rings. The maximum Gasteiger partial charge on any atom is 0.252 e. The summed E-state index contributed by atoms with van der Waals surface area (Å²) < 4.78 is 2.09. The summed E-state index contributed by atoms with van der Waals surface area (Å²) in [4.78, 5) is 18.4. The number of aromatic amines is 1. The molecular formula is C26H36N6O2. The molecule has 2 aromatic heterocycles. The zero-order valence-corrected chi connectivity index (χ0v) is 20.2. The first kappa shape index (κ1) is 23.2. The Morgan fingerprint density at radius 3 is 2.65 bits per heavy atom. The minimum absolute atomic E-state index is 0.0251. The fraction of sp³-hybridized carbons (Fsp3) is 0.615. The van der Waals surface area contributed by atoms with Crippen molar-refractivity contribution in [3.8, 4) is 0 Å². The van der Waals surface area contributed by atoms with E-state index < -0.39 is 0 Å². The van der Waals surface area contributed by atoms with Crippen molar-refractivity contribution in [1.29, 1.82) is 0 Å². The van der Waals surface area contributed by atoms with Crippen LogP contribution in [0, 0.1) is 6.92 Å². The lowest BCUT2D eigenvalue weighted by atomic mass is 9.78. The molecule has 34 heavy (non-hydrogen) atoms. The van der Waals surface area contributed by atoms with Crippen molar-refractivity contribution in [2.24, 2.45) is 0 Å². The molecule has 0 atom stereocenters. The molecule has 0 bridgehead atoms. The van der Waals surface area contributed by atoms with Crippen LogP contribution in [0.2, 0.25) is 0 Å². The number of aliphatic hydroxyl groups excluding tert-OH is 1. The third-order valence-electron chi connectivity index (χ3n) is 7.92. The van der Waals surface area contributed by atoms with E-state index in [2.05, 4.69) is 43.1 Å². The quantitative estimate of drug-likeness (QED) is 0.549. The Bertz CT molecular complexity index is 1170. The molecule has 0 aliphatic heterocycles. The third-order valence-corrected chi connectivity index (χ3v) is 7.92. The summed E-state index contributed by atoms with van der Waals surface area (Å²) >= 11 is 0. The van der Waals surface area contributed by atoms with Crippen molar-refractivity contribution in [2.45, 2.75) is 89.3 Å². The summed E-state index contributed by atoms with van der Waals surface area (Å²) in [6.45, 7) is 3.02. The van der Waals surface area contributed by atoms with Crippen molar-refractivity contribution in [2.75, 3.05) is 13.2 Å². The molecule has 2 aliphatic rings. The van der Waals surface area contributed by atoms with E-state index in [1.807, 2.05) is 18.2 Å². The SMILES string of the molecule is Cc1ccc2[nH]c(=O)c(CN(CCO)C3(c4nnnn4C4CCCCC4)CCCCC3)cc2c1. The van der Waals surface area contributed by atoms with Crippen LogP contribution in [-0.2, 0) is 12.1 Å². The first-order valence-corrected chi connectivity index (χ1v) is 12.9. The summed E-state index contributed by atoms with van der Waals surface area (Å²) in [5.74, 6) is 0.917. The Kier molecular flexibility index (Phi) is 6.79. The molecule has 2 aliphatic carbocycles. The Hall–Kier alpha value is -2.58. The van der Waals surface area contributed by atoms with Crippen molar-refractivity contribution < 1.29 is 5.11 Å². The summed E-state index contributed by atoms with van der Waals surface area (Å²) in [5, 5.41) is 24.3. The van der Waals surface area contributed by atoms with Gasteiger partial charge < -0.3 is 10.1 Å². The van der Waals surface area contributed by atoms with Gasteiger partial charge in [0.15, 0.2) is 5.82 Å². The predicted molar refractivity (Wildman–Crippen MR) is 132 cm³/mol. The monoisotopic (exact) mass is 464 g/mol. The number of rotatable bonds is 7. The van der Waals surface area contributed by atoms with E-state index in [1.165, 1.54) is 25.7 Å². The number of tetrazole rings is 1. The largest absolute Gasteiger partial charge is 0.395 e. The Morgan fingerprint density at radius 1 is 1.12 bits per heavy atom. The highest BCUT2D eigenvalue weighted by atomic mass is 16.3. The van der Waals surface area contributed by atoms with Crippen LogP contribution in [0.15, 0.2) is 29.1 Å². The molecule has 2 N–H and O–H groups in total. The van der Waals surface area contributed by atoms with E-state index in [0.717, 1.165) is 60.8 Å². The van der Waals surface area contributed by atoms with Gasteiger partial charge in [-0.25, -0.2) is 4.68 Å². The first-order valence-electron chi connectivity index (χ1n) is 12.9. The van der Waals surface area contributed by atoms with Gasteiger partial charge in [0.05, 0.1) is 18.2 Å². The van der Waals surface area contributed by atoms with Crippen LogP contribution in [0.5, 0.6) is 0 Å². The molecule has 2 fully saturated rings. The number of hydrogen-bond donors (Lipinski definition) is 2. The number of aryl methyl sites for hydroxylation is 1. The second-order valence-electron chi connectivity index (χ2n) is 10.2. The number of fused-ring (bicyclic) bond motifs is 1. The summed E-state index contributed by atoms with van der Waals surface area (Å²) in [6, 6.07) is 8.41. The molecule has 8 heteroatoms. The van der Waals surface area contributed by atoms with Crippen molar-refractivity contribution in [3.05, 3.63) is 51.6 Å². The number of hydrogen-bond acceptors (Lipinski definition) is 6. The van der Waals surface area contributed by atoms with Gasteiger partial charge in [0.2, 0.25) is 0 Å². The maximum absolute atomic E-state index is 13.1. The van der Waals surface area contributed by atoms with E-state index in [4.69, 9.17) is 0 Å². The Balaban J connectivity index is 1.55. The number of nitrogens with one attached hydrogen (secondary N) is 1. The van der Waals surface area contributed by atoms with Crippen molar-refractivity contribution in [1.82, 2.24) is 30.1 Å². The van der Waals surface area contributed by atoms with Gasteiger partial charge in [0, 0.05) is 24.2 Å². The average Bonchev–Trinajstić information content (AvgIpc) is 3.36. The standard InChI is InChI=1S/C26H36N6O2/c1-19-10-11-23-20(16-19)17-21(24(34)27-23)18-31(14-15-33)26(12-6-3-7-13-26)25-28-29-30-32(25)22-8-4-2-5-9-22/h10-11,16-17,22,33H,2-9,12-15,18H2,1H3,(H,27,34). The lowest BCUT2D eigenvalue weighted by Crippen LogP contribution is -2.51. The molecule has 0 saturated heterocycles. The molecule has 8 nitrogen and oxygen atoms in total. The fourth-order valence-corrected chi connectivity index (χ4v) is 6.15. The lowest BCUT2D eigenvalue weighted by molar-refractivity contribution is 0.0123. The number of aromatic nitrogens is 5. The molecule has 182 valence electrons. The molecule has 0 unspecified atom stereocenters. The van der Waals surface area contributed by atoms with E-state index >= 15 is 0 Å². The smallest absolute Gasteiger partial charge is 0.252 e. The highest BCUT2D eigenvalue weighted by molar-refractivity contribution is 5.79. The molecule has 5 rings (SSSR count). The van der Waals surface area contributed by atoms with E-state index in [9.17, 15) is 9.90 Å². The van der Waals surface area contributed by atoms with Crippen LogP contribution in [0.25, 0.3) is 10.9 Å². The molecule has 0 spiro atoms. The van der Waals surface area contributed by atoms with Gasteiger partial charge in [-0.15, -0.1) is 5.10 Å². The molecular weight excluding hydrogens is 428 g/mol. The van der Waals surface area contributed by atoms with Gasteiger partial charge in [-0.2, -0.15) is 0 Å². The van der Waals surface area contributed by atoms with Gasteiger partial charge >= 0.3 is 0 Å². The zero-order chi connectivity index (χ0) is 23.5. The second kappa shape index (κ2) is 9.96. The number of benzene rings is 1. The molecule has 2 heterocycles. The van der Waals surface area contributed by atoms with Crippen LogP contribution < -0.4 is 5.56 Å². The van der Waals surface area contributed by atoms with Crippen LogP contribution in [0.4, 0.5) is 0 Å². The van der Waals surface area contributed by atoms with Crippen LogP contribution in [0.3, 0.4) is 0 Å². The first-order chi connectivity index (χ1) is 16.6. The Labute approximate surface area is 200 Å². The average molecular weight is 465 g/mol. The van der Waals surface area contributed by atoms with E-state index in [0.29, 0.717) is 24.7 Å². The molecule has 2 saturated carbocycles. The third kappa shape index (κ3) is 4.41. The van der Waals surface area contributed by atoms with E-state index in [-0.39, 0.29) is 17.7 Å². The maximum atomic E-state index is 13.1. The van der Waals surface area contributed by atoms with Gasteiger partial charge in [-0.05, 0) is 66.6 Å². The van der Waals surface area contributed by atoms with E-state index in [1.54, 1.807) is 0 Å². The number of nitrogens with zero attached hydrogens (tertiary/aromatic N) is 5. The summed E-state index contributed by atoms with van der Waals surface area (Å²) in [5.41, 5.74) is 2.27. The highest BCUT2D eigenvalue weighted by Crippen LogP contribution is 2.43. The zero-order valence-electron chi connectivity index (χ0n) is 20.2. The lowest BCUT2D eigenvalue weighted by Gasteiger charge is -2.45.